The molecule has 0 rings (SSSR count). The van der Waals surface area contributed by atoms with Crippen LogP contribution in [0.5, 0.6) is 0 Å². The van der Waals surface area contributed by atoms with E-state index < -0.39 is 33.2 Å². The number of hydrogen-bond acceptors (Lipinski definition) is 2. The van der Waals surface area contributed by atoms with Gasteiger partial charge >= 0.3 is 21.0 Å². The third-order valence-corrected chi connectivity index (χ3v) is 2.35. The summed E-state index contributed by atoms with van der Waals surface area (Å²) in [7, 11) is -5.15. The average molecular weight is 291 g/mol. The van der Waals surface area contributed by atoms with Gasteiger partial charge in [-0.3, -0.25) is 0 Å². The molecule has 0 aliphatic carbocycles. The molecule has 0 aromatic carbocycles. The summed E-state index contributed by atoms with van der Waals surface area (Å²) in [5.41, 5.74) is 0. The molecule has 0 amide bonds. The van der Waals surface area contributed by atoms with E-state index in [2.05, 4.69) is 0 Å². The molecule has 0 atom stereocenters. The van der Waals surface area contributed by atoms with Crippen molar-refractivity contribution in [3.05, 3.63) is 0 Å². The highest BCUT2D eigenvalue weighted by molar-refractivity contribution is 9.10. The van der Waals surface area contributed by atoms with Gasteiger partial charge in [-0.2, -0.15) is 26.0 Å². The van der Waals surface area contributed by atoms with E-state index in [1.807, 2.05) is 0 Å². The SMILES string of the molecule is O=S(=O)(F)CCC(F)(F)C(F)(F)Br. The monoisotopic (exact) mass is 290 g/mol. The van der Waals surface area contributed by atoms with Crippen molar-refractivity contribution in [2.24, 2.45) is 0 Å². The maximum absolute atomic E-state index is 12.2. The van der Waals surface area contributed by atoms with E-state index in [0.29, 0.717) is 0 Å². The maximum atomic E-state index is 12.2. The van der Waals surface area contributed by atoms with E-state index in [-0.39, 0.29) is 0 Å². The minimum atomic E-state index is -5.15. The van der Waals surface area contributed by atoms with Crippen LogP contribution < -0.4 is 0 Å². The first-order chi connectivity index (χ1) is 5.46. The molecule has 0 saturated carbocycles. The van der Waals surface area contributed by atoms with E-state index in [1.54, 1.807) is 0 Å². The van der Waals surface area contributed by atoms with Crippen molar-refractivity contribution in [1.82, 2.24) is 0 Å². The highest BCUT2D eigenvalue weighted by atomic mass is 79.9. The fourth-order valence-corrected chi connectivity index (χ4v) is 1.09. The Bertz CT molecular complexity index is 269. The lowest BCUT2D eigenvalue weighted by Crippen LogP contribution is -2.36. The van der Waals surface area contributed by atoms with Gasteiger partial charge in [0.15, 0.2) is 0 Å². The Morgan fingerprint density at radius 2 is 1.54 bits per heavy atom. The molecule has 80 valence electrons. The molecule has 0 heterocycles. The van der Waals surface area contributed by atoms with Crippen molar-refractivity contribution in [1.29, 1.82) is 0 Å². The van der Waals surface area contributed by atoms with Crippen LogP contribution in [0.1, 0.15) is 6.42 Å². The van der Waals surface area contributed by atoms with Gasteiger partial charge < -0.3 is 0 Å². The van der Waals surface area contributed by atoms with Gasteiger partial charge in [0.2, 0.25) is 0 Å². The van der Waals surface area contributed by atoms with Crippen LogP contribution >= 0.6 is 15.9 Å². The van der Waals surface area contributed by atoms with Gasteiger partial charge in [0, 0.05) is 6.42 Å². The van der Waals surface area contributed by atoms with E-state index in [0.717, 1.165) is 0 Å². The first-order valence-corrected chi connectivity index (χ1v) is 5.17. The van der Waals surface area contributed by atoms with Crippen molar-refractivity contribution in [3.8, 4) is 0 Å². The summed E-state index contributed by atoms with van der Waals surface area (Å²) in [4.78, 5) is -4.54. The van der Waals surface area contributed by atoms with Crippen molar-refractivity contribution >= 4 is 26.2 Å². The molecular weight excluding hydrogens is 287 g/mol. The van der Waals surface area contributed by atoms with Crippen LogP contribution in [0.4, 0.5) is 21.4 Å². The molecule has 2 nitrogen and oxygen atoms in total. The predicted octanol–water partition coefficient (Wildman–Crippen LogP) is 2.30. The molecule has 9 heteroatoms. The van der Waals surface area contributed by atoms with E-state index in [1.165, 1.54) is 15.9 Å². The van der Waals surface area contributed by atoms with Gasteiger partial charge in [-0.15, -0.1) is 3.89 Å². The minimum absolute atomic E-state index is 1.37. The fraction of sp³-hybridized carbons (Fsp3) is 1.00. The molecule has 0 aromatic rings. The average Bonchev–Trinajstić information content (AvgIpc) is 1.79. The van der Waals surface area contributed by atoms with Gasteiger partial charge in [-0.1, -0.05) is 0 Å². The highest BCUT2D eigenvalue weighted by Gasteiger charge is 2.54. The fourth-order valence-electron chi connectivity index (χ4n) is 0.392. The summed E-state index contributed by atoms with van der Waals surface area (Å²) in [6.07, 6.45) is -1.77. The smallest absolute Gasteiger partial charge is 0.199 e. The number of alkyl halides is 5. The predicted molar refractivity (Wildman–Crippen MR) is 38.3 cm³/mol. The third-order valence-electron chi connectivity index (χ3n) is 1.07. The number of hydrogen-bond donors (Lipinski definition) is 0. The zero-order chi connectivity index (χ0) is 10.9. The molecule has 13 heavy (non-hydrogen) atoms. The Labute approximate surface area is 79.5 Å². The van der Waals surface area contributed by atoms with Crippen molar-refractivity contribution in [2.75, 3.05) is 5.75 Å². The van der Waals surface area contributed by atoms with E-state index >= 15 is 0 Å². The standard InChI is InChI=1S/C4H4BrF5O2S/c5-4(8,9)3(6,7)1-2-13(10,11)12/h1-2H2. The van der Waals surface area contributed by atoms with Crippen molar-refractivity contribution < 1.29 is 29.9 Å². The summed E-state index contributed by atoms with van der Waals surface area (Å²) in [5.74, 6) is -6.23. The van der Waals surface area contributed by atoms with Gasteiger partial charge in [0.1, 0.15) is 0 Å². The Kier molecular flexibility index (Phi) is 3.70. The molecule has 0 saturated heterocycles. The van der Waals surface area contributed by atoms with Gasteiger partial charge in [-0.25, -0.2) is 0 Å². The molecule has 0 unspecified atom stereocenters. The summed E-state index contributed by atoms with van der Waals surface area (Å²) in [6, 6.07) is 0. The first kappa shape index (κ1) is 13.1. The number of rotatable bonds is 4. The minimum Gasteiger partial charge on any atom is -0.199 e. The highest BCUT2D eigenvalue weighted by Crippen LogP contribution is 2.41. The third kappa shape index (κ3) is 4.75. The molecule has 0 radical (unpaired) electrons. The normalized spacial score (nSPS) is 14.6. The van der Waals surface area contributed by atoms with Crippen molar-refractivity contribution in [2.45, 2.75) is 17.2 Å². The lowest BCUT2D eigenvalue weighted by Gasteiger charge is -2.20. The summed E-state index contributed by atoms with van der Waals surface area (Å²) < 4.78 is 79.5. The number of halogens is 6. The van der Waals surface area contributed by atoms with E-state index in [4.69, 9.17) is 0 Å². The lowest BCUT2D eigenvalue weighted by molar-refractivity contribution is -0.147. The topological polar surface area (TPSA) is 34.1 Å². The van der Waals surface area contributed by atoms with Gasteiger partial charge in [0.25, 0.3) is 0 Å². The van der Waals surface area contributed by atoms with Crippen LogP contribution in [0.15, 0.2) is 0 Å². The zero-order valence-corrected chi connectivity index (χ0v) is 8.31. The Morgan fingerprint density at radius 3 is 1.77 bits per heavy atom. The molecule has 0 spiro atoms. The molecule has 0 aliphatic rings. The molecule has 0 fully saturated rings. The Hall–Kier alpha value is 0.0800. The second-order valence-electron chi connectivity index (χ2n) is 2.20. The second-order valence-corrected chi connectivity index (χ2v) is 4.68. The van der Waals surface area contributed by atoms with Crippen molar-refractivity contribution in [3.63, 3.8) is 0 Å². The molecule has 0 aliphatic heterocycles. The van der Waals surface area contributed by atoms with Gasteiger partial charge in [-0.05, 0) is 15.9 Å². The van der Waals surface area contributed by atoms with Crippen LogP contribution in [0, 0.1) is 0 Å². The summed E-state index contributed by atoms with van der Waals surface area (Å²) in [5, 5.41) is 0. The van der Waals surface area contributed by atoms with Crippen LogP contribution in [-0.4, -0.2) is 24.9 Å². The lowest BCUT2D eigenvalue weighted by atomic mass is 10.3. The molecule has 0 bridgehead atoms. The van der Waals surface area contributed by atoms with Crippen LogP contribution in [0.2, 0.25) is 0 Å². The Morgan fingerprint density at radius 1 is 1.15 bits per heavy atom. The molecule has 0 aromatic heterocycles. The maximum Gasteiger partial charge on any atom is 0.363 e. The quantitative estimate of drug-likeness (QED) is 0.452. The molecule has 0 N–H and O–H groups in total. The first-order valence-electron chi connectivity index (χ1n) is 2.82. The van der Waals surface area contributed by atoms with Gasteiger partial charge in [0.05, 0.1) is 5.75 Å². The summed E-state index contributed by atoms with van der Waals surface area (Å²) in [6.45, 7) is 0. The second kappa shape index (κ2) is 3.68. The Balaban J connectivity index is 4.38. The zero-order valence-electron chi connectivity index (χ0n) is 5.91. The van der Waals surface area contributed by atoms with Crippen LogP contribution in [0.25, 0.3) is 0 Å². The largest absolute Gasteiger partial charge is 0.363 e. The van der Waals surface area contributed by atoms with Crippen LogP contribution in [0.3, 0.4) is 0 Å². The summed E-state index contributed by atoms with van der Waals surface area (Å²) >= 11 is 1.37. The van der Waals surface area contributed by atoms with E-state index in [9.17, 15) is 29.9 Å². The molecular formula is C4H4BrF5O2S. The van der Waals surface area contributed by atoms with Crippen LogP contribution in [-0.2, 0) is 10.2 Å².